The van der Waals surface area contributed by atoms with E-state index in [1.54, 1.807) is 20.8 Å². The van der Waals surface area contributed by atoms with Crippen LogP contribution in [0.1, 0.15) is 20.8 Å². The van der Waals surface area contributed by atoms with Gasteiger partial charge in [-0.15, -0.1) is 0 Å². The molecule has 1 nitrogen and oxygen atoms in total. The van der Waals surface area contributed by atoms with Crippen molar-refractivity contribution in [2.24, 2.45) is 0 Å². The van der Waals surface area contributed by atoms with Crippen LogP contribution >= 0.6 is 0 Å². The third-order valence-electron chi connectivity index (χ3n) is 0. The first-order valence-corrected chi connectivity index (χ1v) is 1.72. The number of rotatable bonds is 0. The maximum Gasteiger partial charge on any atom is 0.0563 e. The molecule has 0 heterocycles. The van der Waals surface area contributed by atoms with Crippen LogP contribution in [0.2, 0.25) is 0 Å². The van der Waals surface area contributed by atoms with Gasteiger partial charge in [-0.05, 0) is 20.8 Å². The fourth-order valence-electron chi connectivity index (χ4n) is 0. The third kappa shape index (κ3) is 226. The maximum atomic E-state index is 8.52. The minimum atomic E-state index is -0.500. The summed E-state index contributed by atoms with van der Waals surface area (Å²) in [7, 11) is 0. The summed E-state index contributed by atoms with van der Waals surface area (Å²) in [6, 6.07) is 0. The summed E-state index contributed by atoms with van der Waals surface area (Å²) in [5.74, 6) is 0. The predicted octanol–water partition coefficient (Wildman–Crippen LogP) is 0.396. The summed E-state index contributed by atoms with van der Waals surface area (Å²) in [4.78, 5) is 0. The Morgan fingerprint density at radius 2 is 1.17 bits per heavy atom. The average Bonchev–Trinajstić information content (AvgIpc) is 0.722. The van der Waals surface area contributed by atoms with E-state index in [1.165, 1.54) is 0 Å². The Kier molecular flexibility index (Phi) is 4.25. The highest BCUT2D eigenvalue weighted by Gasteiger charge is 1.97. The van der Waals surface area contributed by atoms with Crippen LogP contribution in [0.3, 0.4) is 0 Å². The van der Waals surface area contributed by atoms with Gasteiger partial charge in [-0.25, -0.2) is 0 Å². The Morgan fingerprint density at radius 1 is 1.17 bits per heavy atom. The summed E-state index contributed by atoms with van der Waals surface area (Å²) in [5, 5.41) is 8.52. The zero-order chi connectivity index (χ0) is 4.50. The van der Waals surface area contributed by atoms with Crippen LogP contribution in [0.25, 0.3) is 0 Å². The smallest absolute Gasteiger partial charge is 0.0563 e. The Bertz CT molecular complexity index is 23.0. The van der Waals surface area contributed by atoms with E-state index in [2.05, 4.69) is 0 Å². The van der Waals surface area contributed by atoms with Gasteiger partial charge in [0.05, 0.1) is 5.60 Å². The molecule has 0 aliphatic heterocycles. The molecule has 0 aromatic carbocycles. The summed E-state index contributed by atoms with van der Waals surface area (Å²) in [6.45, 7) is 5.23. The average molecular weight is 101 g/mol. The summed E-state index contributed by atoms with van der Waals surface area (Å²) in [6.07, 6.45) is 0. The van der Waals surface area contributed by atoms with Crippen LogP contribution in [0.15, 0.2) is 0 Å². The van der Waals surface area contributed by atoms with E-state index >= 15 is 0 Å². The van der Waals surface area contributed by atoms with Gasteiger partial charge in [0, 0.05) is 17.4 Å². The molecule has 0 saturated heterocycles. The molecule has 0 unspecified atom stereocenters. The van der Waals surface area contributed by atoms with Crippen LogP contribution in [-0.2, 0) is 0 Å². The van der Waals surface area contributed by atoms with E-state index in [1.807, 2.05) is 0 Å². The lowest BCUT2D eigenvalue weighted by Crippen LogP contribution is -2.10. The van der Waals surface area contributed by atoms with Gasteiger partial charge in [0.2, 0.25) is 0 Å². The number of hydrogen-bond donors (Lipinski definition) is 1. The first kappa shape index (κ1) is 9.70. The van der Waals surface area contributed by atoms with Crippen molar-refractivity contribution in [2.75, 3.05) is 0 Å². The Hall–Kier alpha value is 0.492. The molecule has 0 bridgehead atoms. The van der Waals surface area contributed by atoms with Crippen LogP contribution in [0.4, 0.5) is 0 Å². The SMILES string of the molecule is CC(C)(C)O.[Al]. The van der Waals surface area contributed by atoms with Gasteiger partial charge in [0.1, 0.15) is 0 Å². The van der Waals surface area contributed by atoms with Crippen LogP contribution in [0, 0.1) is 0 Å². The van der Waals surface area contributed by atoms with Gasteiger partial charge in [-0.3, -0.25) is 0 Å². The van der Waals surface area contributed by atoms with E-state index in [4.69, 9.17) is 5.11 Å². The summed E-state index contributed by atoms with van der Waals surface area (Å²) < 4.78 is 0. The van der Waals surface area contributed by atoms with Gasteiger partial charge in [0.25, 0.3) is 0 Å². The van der Waals surface area contributed by atoms with Crippen LogP contribution in [-0.4, -0.2) is 28.1 Å². The summed E-state index contributed by atoms with van der Waals surface area (Å²) >= 11 is 0. The molecule has 0 rings (SSSR count). The van der Waals surface area contributed by atoms with Gasteiger partial charge in [-0.2, -0.15) is 0 Å². The normalized spacial score (nSPS) is 10.0. The first-order chi connectivity index (χ1) is 2.00. The lowest BCUT2D eigenvalue weighted by atomic mass is 10.2. The second-order valence-electron chi connectivity index (χ2n) is 2.17. The quantitative estimate of drug-likeness (QED) is 0.438. The van der Waals surface area contributed by atoms with Crippen molar-refractivity contribution in [2.45, 2.75) is 26.4 Å². The third-order valence-corrected chi connectivity index (χ3v) is 0. The predicted molar refractivity (Wildman–Crippen MR) is 27.7 cm³/mol. The van der Waals surface area contributed by atoms with Gasteiger partial charge in [-0.1, -0.05) is 0 Å². The first-order valence-electron chi connectivity index (χ1n) is 1.72. The molecule has 0 fully saturated rings. The molecular weight excluding hydrogens is 91.0 g/mol. The Morgan fingerprint density at radius 3 is 1.17 bits per heavy atom. The lowest BCUT2D eigenvalue weighted by molar-refractivity contribution is 0.102. The molecule has 2 heteroatoms. The fraction of sp³-hybridized carbons (Fsp3) is 1.00. The van der Waals surface area contributed by atoms with Crippen molar-refractivity contribution in [1.82, 2.24) is 0 Å². The zero-order valence-corrected chi connectivity index (χ0v) is 5.68. The van der Waals surface area contributed by atoms with Crippen molar-refractivity contribution in [3.8, 4) is 0 Å². The highest BCUT2D eigenvalue weighted by molar-refractivity contribution is 5.75. The van der Waals surface area contributed by atoms with Crippen LogP contribution < -0.4 is 0 Å². The number of hydrogen-bond acceptors (Lipinski definition) is 1. The molecule has 0 amide bonds. The molecule has 35 valence electrons. The second kappa shape index (κ2) is 2.63. The number of aliphatic hydroxyl groups is 1. The van der Waals surface area contributed by atoms with Crippen molar-refractivity contribution in [3.63, 3.8) is 0 Å². The highest BCUT2D eigenvalue weighted by atomic mass is 27.0. The molecule has 6 heavy (non-hydrogen) atoms. The van der Waals surface area contributed by atoms with Crippen molar-refractivity contribution < 1.29 is 5.11 Å². The fourth-order valence-corrected chi connectivity index (χ4v) is 0. The highest BCUT2D eigenvalue weighted by Crippen LogP contribution is 1.93. The van der Waals surface area contributed by atoms with Gasteiger partial charge < -0.3 is 5.11 Å². The molecule has 0 saturated carbocycles. The van der Waals surface area contributed by atoms with E-state index in [9.17, 15) is 0 Å². The molecule has 3 radical (unpaired) electrons. The second-order valence-corrected chi connectivity index (χ2v) is 2.17. The zero-order valence-electron chi connectivity index (χ0n) is 4.52. The summed E-state index contributed by atoms with van der Waals surface area (Å²) in [5.41, 5.74) is -0.500. The van der Waals surface area contributed by atoms with E-state index < -0.39 is 5.60 Å². The molecule has 0 aromatic heterocycles. The van der Waals surface area contributed by atoms with Gasteiger partial charge >= 0.3 is 0 Å². The molecule has 1 N–H and O–H groups in total. The topological polar surface area (TPSA) is 20.2 Å². The molecular formula is C4H10AlO. The van der Waals surface area contributed by atoms with Crippen molar-refractivity contribution in [3.05, 3.63) is 0 Å². The van der Waals surface area contributed by atoms with Crippen molar-refractivity contribution >= 4 is 17.4 Å². The molecule has 0 aromatic rings. The molecule has 0 spiro atoms. The minimum Gasteiger partial charge on any atom is -0.391 e. The monoisotopic (exact) mass is 101 g/mol. The van der Waals surface area contributed by atoms with Gasteiger partial charge in [0.15, 0.2) is 0 Å². The standard InChI is InChI=1S/C4H10O.Al/c1-4(2,3)5;/h5H,1-3H3;. The maximum absolute atomic E-state index is 8.52. The Labute approximate surface area is 49.5 Å². The van der Waals surface area contributed by atoms with E-state index in [0.717, 1.165) is 0 Å². The lowest BCUT2D eigenvalue weighted by Gasteiger charge is -2.04. The van der Waals surface area contributed by atoms with Crippen LogP contribution in [0.5, 0.6) is 0 Å². The van der Waals surface area contributed by atoms with Crippen molar-refractivity contribution in [1.29, 1.82) is 0 Å². The molecule has 0 atom stereocenters. The Balaban J connectivity index is 0. The van der Waals surface area contributed by atoms with E-state index in [-0.39, 0.29) is 17.4 Å². The molecule has 0 aliphatic rings. The largest absolute Gasteiger partial charge is 0.391 e. The minimum absolute atomic E-state index is 0. The molecule has 0 aliphatic carbocycles. The van der Waals surface area contributed by atoms with E-state index in [0.29, 0.717) is 0 Å².